The molecule has 1 saturated heterocycles. The third-order valence-corrected chi connectivity index (χ3v) is 4.74. The van der Waals surface area contributed by atoms with Crippen LogP contribution in [-0.2, 0) is 9.59 Å². The highest BCUT2D eigenvalue weighted by atomic mass is 19.1. The van der Waals surface area contributed by atoms with Crippen molar-refractivity contribution in [3.8, 4) is 5.88 Å². The van der Waals surface area contributed by atoms with Crippen molar-refractivity contribution in [1.29, 1.82) is 0 Å². The normalized spacial score (nSPS) is 21.8. The lowest BCUT2D eigenvalue weighted by atomic mass is 10.1. The van der Waals surface area contributed by atoms with E-state index in [0.717, 1.165) is 17.0 Å². The number of amides is 2. The summed E-state index contributed by atoms with van der Waals surface area (Å²) in [6, 6.07) is 6.83. The van der Waals surface area contributed by atoms with Crippen molar-refractivity contribution < 1.29 is 23.1 Å². The molecule has 0 aliphatic carbocycles. The minimum Gasteiger partial charge on any atom is -0.471 e. The molecule has 2 atom stereocenters. The monoisotopic (exact) mass is 373 g/mol. The van der Waals surface area contributed by atoms with Crippen LogP contribution in [0.3, 0.4) is 0 Å². The fourth-order valence-electron chi connectivity index (χ4n) is 3.53. The minimum atomic E-state index is -0.828. The number of carbonyl (C=O) groups is 2. The van der Waals surface area contributed by atoms with Crippen LogP contribution < -0.4 is 14.5 Å². The number of carbonyl (C=O) groups excluding carboxylic acids is 2. The van der Waals surface area contributed by atoms with E-state index in [-0.39, 0.29) is 25.0 Å². The molecule has 3 heterocycles. The Kier molecular flexibility index (Phi) is 4.25. The molecule has 1 aromatic heterocycles. The smallest absolute Gasteiger partial charge is 0.238 e. The number of hydrogen-bond donors (Lipinski definition) is 0. The van der Waals surface area contributed by atoms with Crippen molar-refractivity contribution in [2.45, 2.75) is 19.4 Å². The minimum absolute atomic E-state index is 0.0726. The number of nitrogens with zero attached hydrogens (tertiary/aromatic N) is 3. The summed E-state index contributed by atoms with van der Waals surface area (Å²) in [7, 11) is 0. The predicted molar refractivity (Wildman–Crippen MR) is 93.5 cm³/mol. The van der Waals surface area contributed by atoms with E-state index in [0.29, 0.717) is 18.1 Å². The number of para-hydroxylation sites is 1. The molecule has 6 nitrogen and oxygen atoms in total. The van der Waals surface area contributed by atoms with Gasteiger partial charge in [-0.25, -0.2) is 13.8 Å². The van der Waals surface area contributed by atoms with E-state index in [1.54, 1.807) is 18.3 Å². The van der Waals surface area contributed by atoms with Crippen LogP contribution in [0.2, 0.25) is 0 Å². The summed E-state index contributed by atoms with van der Waals surface area (Å²) in [4.78, 5) is 32.1. The number of pyridine rings is 1. The number of aromatic nitrogens is 1. The zero-order valence-electron chi connectivity index (χ0n) is 14.6. The van der Waals surface area contributed by atoms with Gasteiger partial charge in [-0.2, -0.15) is 0 Å². The molecule has 0 spiro atoms. The molecule has 27 heavy (non-hydrogen) atoms. The van der Waals surface area contributed by atoms with Crippen LogP contribution in [0.5, 0.6) is 5.88 Å². The molecule has 2 aliphatic rings. The van der Waals surface area contributed by atoms with Gasteiger partial charge in [0.05, 0.1) is 12.5 Å². The second-order valence-electron chi connectivity index (χ2n) is 6.68. The van der Waals surface area contributed by atoms with E-state index in [2.05, 4.69) is 4.98 Å². The van der Waals surface area contributed by atoms with Gasteiger partial charge < -0.3 is 14.5 Å². The molecule has 1 fully saturated rings. The van der Waals surface area contributed by atoms with Gasteiger partial charge in [-0.1, -0.05) is 6.07 Å². The topological polar surface area (TPSA) is 62.7 Å². The molecular weight excluding hydrogens is 356 g/mol. The van der Waals surface area contributed by atoms with Crippen LogP contribution in [-0.4, -0.2) is 36.0 Å². The summed E-state index contributed by atoms with van der Waals surface area (Å²) in [6.45, 7) is 2.06. The maximum absolute atomic E-state index is 14.1. The first kappa shape index (κ1) is 17.4. The average Bonchev–Trinajstić information content (AvgIpc) is 3.02. The Labute approximate surface area is 154 Å². The first-order chi connectivity index (χ1) is 13.0. The first-order valence-corrected chi connectivity index (χ1v) is 8.63. The highest BCUT2D eigenvalue weighted by Gasteiger charge is 2.41. The van der Waals surface area contributed by atoms with Gasteiger partial charge in [0.25, 0.3) is 0 Å². The van der Waals surface area contributed by atoms with Gasteiger partial charge in [0.1, 0.15) is 29.1 Å². The second kappa shape index (κ2) is 6.61. The van der Waals surface area contributed by atoms with E-state index in [1.165, 1.54) is 11.0 Å². The molecule has 2 amide bonds. The predicted octanol–water partition coefficient (Wildman–Crippen LogP) is 2.53. The molecule has 140 valence electrons. The summed E-state index contributed by atoms with van der Waals surface area (Å²) in [5.74, 6) is -2.77. The molecule has 2 aliphatic heterocycles. The summed E-state index contributed by atoms with van der Waals surface area (Å²) in [5.41, 5.74) is 0.124. The van der Waals surface area contributed by atoms with E-state index < -0.39 is 29.1 Å². The van der Waals surface area contributed by atoms with Crippen LogP contribution in [0.1, 0.15) is 13.3 Å². The Balaban J connectivity index is 1.60. The zero-order valence-corrected chi connectivity index (χ0v) is 14.6. The number of benzene rings is 1. The molecular formula is C19H17F2N3O3. The van der Waals surface area contributed by atoms with Crippen LogP contribution in [0.4, 0.5) is 20.2 Å². The second-order valence-corrected chi connectivity index (χ2v) is 6.68. The highest BCUT2D eigenvalue weighted by molar-refractivity contribution is 6.05. The van der Waals surface area contributed by atoms with Gasteiger partial charge in [0, 0.05) is 19.2 Å². The van der Waals surface area contributed by atoms with Gasteiger partial charge in [-0.3, -0.25) is 9.59 Å². The lowest BCUT2D eigenvalue weighted by Crippen LogP contribution is -2.45. The van der Waals surface area contributed by atoms with E-state index in [9.17, 15) is 18.4 Å². The Morgan fingerprint density at radius 3 is 2.67 bits per heavy atom. The van der Waals surface area contributed by atoms with Gasteiger partial charge in [0.15, 0.2) is 0 Å². The van der Waals surface area contributed by atoms with Crippen molar-refractivity contribution in [2.24, 2.45) is 5.92 Å². The number of rotatable bonds is 2. The first-order valence-electron chi connectivity index (χ1n) is 8.63. The highest BCUT2D eigenvalue weighted by Crippen LogP contribution is 2.35. The molecule has 8 heteroatoms. The standard InChI is InChI=1S/C19H17F2N3O3/c1-11-9-23(15-6-3-7-22-18(15)27-11)19(26)12-8-16(25)24(10-12)17-13(20)4-2-5-14(17)21/h2-7,11-12H,8-10H2,1H3. The molecule has 0 saturated carbocycles. The Morgan fingerprint density at radius 2 is 1.93 bits per heavy atom. The maximum atomic E-state index is 14.1. The summed E-state index contributed by atoms with van der Waals surface area (Å²) in [6.07, 6.45) is 1.21. The third kappa shape index (κ3) is 3.01. The van der Waals surface area contributed by atoms with Gasteiger partial charge in [-0.05, 0) is 31.2 Å². The van der Waals surface area contributed by atoms with Gasteiger partial charge in [0.2, 0.25) is 17.7 Å². The Bertz CT molecular complexity index is 901. The number of hydrogen-bond acceptors (Lipinski definition) is 4. The molecule has 4 rings (SSSR count). The summed E-state index contributed by atoms with van der Waals surface area (Å²) >= 11 is 0. The molecule has 0 bridgehead atoms. The number of ether oxygens (including phenoxy) is 1. The maximum Gasteiger partial charge on any atom is 0.238 e. The molecule has 2 aromatic rings. The lowest BCUT2D eigenvalue weighted by molar-refractivity contribution is -0.124. The molecule has 1 aromatic carbocycles. The summed E-state index contributed by atoms with van der Waals surface area (Å²) < 4.78 is 33.7. The Hall–Kier alpha value is -3.03. The fourth-order valence-corrected chi connectivity index (χ4v) is 3.53. The van der Waals surface area contributed by atoms with E-state index in [1.807, 2.05) is 6.92 Å². The van der Waals surface area contributed by atoms with Crippen molar-refractivity contribution in [2.75, 3.05) is 22.9 Å². The lowest BCUT2D eigenvalue weighted by Gasteiger charge is -2.33. The number of halogens is 2. The number of anilines is 2. The van der Waals surface area contributed by atoms with Gasteiger partial charge >= 0.3 is 0 Å². The van der Waals surface area contributed by atoms with Crippen molar-refractivity contribution in [1.82, 2.24) is 4.98 Å². The average molecular weight is 373 g/mol. The van der Waals surface area contributed by atoms with Crippen LogP contribution in [0, 0.1) is 17.6 Å². The Morgan fingerprint density at radius 1 is 1.19 bits per heavy atom. The molecule has 0 N–H and O–H groups in total. The van der Waals surface area contributed by atoms with E-state index >= 15 is 0 Å². The van der Waals surface area contributed by atoms with Crippen molar-refractivity contribution in [3.05, 3.63) is 48.2 Å². The fraction of sp³-hybridized carbons (Fsp3) is 0.316. The largest absolute Gasteiger partial charge is 0.471 e. The SMILES string of the molecule is CC1CN(C(=O)C2CC(=O)N(c3c(F)cccc3F)C2)c2cccnc2O1. The molecule has 0 radical (unpaired) electrons. The third-order valence-electron chi connectivity index (χ3n) is 4.74. The van der Waals surface area contributed by atoms with Crippen molar-refractivity contribution in [3.63, 3.8) is 0 Å². The van der Waals surface area contributed by atoms with E-state index in [4.69, 9.17) is 4.74 Å². The van der Waals surface area contributed by atoms with Gasteiger partial charge in [-0.15, -0.1) is 0 Å². The van der Waals surface area contributed by atoms with Crippen LogP contribution >= 0.6 is 0 Å². The quantitative estimate of drug-likeness (QED) is 0.812. The van der Waals surface area contributed by atoms with Crippen molar-refractivity contribution >= 4 is 23.2 Å². The van der Waals surface area contributed by atoms with Crippen LogP contribution in [0.25, 0.3) is 0 Å². The van der Waals surface area contributed by atoms with Crippen LogP contribution in [0.15, 0.2) is 36.5 Å². The zero-order chi connectivity index (χ0) is 19.1. The molecule has 2 unspecified atom stereocenters. The summed E-state index contributed by atoms with van der Waals surface area (Å²) in [5, 5.41) is 0. The number of fused-ring (bicyclic) bond motifs is 1.